The van der Waals surface area contributed by atoms with Gasteiger partial charge in [-0.3, -0.25) is 10.1 Å². The molecule has 1 N–H and O–H groups in total. The van der Waals surface area contributed by atoms with Crippen molar-refractivity contribution in [2.75, 3.05) is 11.9 Å². The van der Waals surface area contributed by atoms with Crippen molar-refractivity contribution in [2.24, 2.45) is 5.92 Å². The van der Waals surface area contributed by atoms with Gasteiger partial charge in [-0.25, -0.2) is 4.79 Å². The van der Waals surface area contributed by atoms with Crippen LogP contribution in [0.2, 0.25) is 0 Å². The minimum Gasteiger partial charge on any atom is -0.462 e. The molecule has 0 spiro atoms. The molecule has 4 rings (SSSR count). The molecule has 6 nitrogen and oxygen atoms in total. The van der Waals surface area contributed by atoms with Gasteiger partial charge in [0.2, 0.25) is 0 Å². The average molecular weight is 378 g/mol. The Balaban J connectivity index is 1.71. The number of nitrogens with one attached hydrogen (secondary N) is 1. The zero-order valence-electron chi connectivity index (χ0n) is 15.6. The van der Waals surface area contributed by atoms with Crippen LogP contribution >= 0.6 is 0 Å². The van der Waals surface area contributed by atoms with Crippen LogP contribution in [-0.4, -0.2) is 17.5 Å². The maximum Gasteiger partial charge on any atom is 0.338 e. The van der Waals surface area contributed by atoms with Crippen molar-refractivity contribution in [3.63, 3.8) is 0 Å². The second-order valence-electron chi connectivity index (χ2n) is 7.23. The Bertz CT molecular complexity index is 953. The highest BCUT2D eigenvalue weighted by Gasteiger charge is 2.40. The molecule has 3 atom stereocenters. The Kier molecular flexibility index (Phi) is 4.86. The minimum atomic E-state index is -0.323. The van der Waals surface area contributed by atoms with E-state index in [2.05, 4.69) is 17.5 Å². The topological polar surface area (TPSA) is 81.5 Å². The molecule has 1 heterocycles. The van der Waals surface area contributed by atoms with Gasteiger partial charge < -0.3 is 10.1 Å². The van der Waals surface area contributed by atoms with E-state index >= 15 is 0 Å². The molecule has 0 saturated heterocycles. The number of nitrogens with zero attached hydrogens (tertiary/aromatic N) is 1. The summed E-state index contributed by atoms with van der Waals surface area (Å²) >= 11 is 0. The van der Waals surface area contributed by atoms with Crippen molar-refractivity contribution in [2.45, 2.75) is 31.7 Å². The van der Waals surface area contributed by atoms with E-state index in [1.54, 1.807) is 18.2 Å². The quantitative estimate of drug-likeness (QED) is 0.343. The van der Waals surface area contributed by atoms with Gasteiger partial charge in [0.1, 0.15) is 0 Å². The minimum absolute atomic E-state index is 0.111. The van der Waals surface area contributed by atoms with E-state index in [9.17, 15) is 14.9 Å². The number of ether oxygens (including phenoxy) is 1. The number of para-hydroxylation sites is 1. The maximum atomic E-state index is 12.3. The summed E-state index contributed by atoms with van der Waals surface area (Å²) in [5.41, 5.74) is 3.32. The monoisotopic (exact) mass is 378 g/mol. The normalized spacial score (nSPS) is 22.1. The number of fused-ring (bicyclic) bond motifs is 3. The molecule has 0 aromatic heterocycles. The van der Waals surface area contributed by atoms with E-state index in [0.717, 1.165) is 24.1 Å². The molecule has 2 aromatic rings. The Morgan fingerprint density at radius 3 is 2.86 bits per heavy atom. The third-order valence-corrected chi connectivity index (χ3v) is 5.50. The molecule has 1 aliphatic carbocycles. The van der Waals surface area contributed by atoms with Gasteiger partial charge in [-0.1, -0.05) is 37.3 Å². The Hall–Kier alpha value is -3.15. The number of benzene rings is 2. The molecule has 0 amide bonds. The lowest BCUT2D eigenvalue weighted by atomic mass is 9.76. The van der Waals surface area contributed by atoms with Gasteiger partial charge in [-0.2, -0.15) is 0 Å². The van der Waals surface area contributed by atoms with Gasteiger partial charge in [0.25, 0.3) is 5.69 Å². The summed E-state index contributed by atoms with van der Waals surface area (Å²) in [7, 11) is 0. The predicted molar refractivity (Wildman–Crippen MR) is 106 cm³/mol. The number of carbonyl (C=O) groups is 1. The zero-order chi connectivity index (χ0) is 19.7. The van der Waals surface area contributed by atoms with Crippen LogP contribution in [0.3, 0.4) is 0 Å². The van der Waals surface area contributed by atoms with Crippen molar-refractivity contribution in [3.8, 4) is 0 Å². The van der Waals surface area contributed by atoms with Crippen LogP contribution < -0.4 is 5.32 Å². The van der Waals surface area contributed by atoms with Crippen LogP contribution in [0, 0.1) is 16.0 Å². The van der Waals surface area contributed by atoms with E-state index in [1.807, 2.05) is 31.2 Å². The first-order valence-corrected chi connectivity index (χ1v) is 9.57. The molecule has 0 radical (unpaired) electrons. The number of rotatable bonds is 5. The lowest BCUT2D eigenvalue weighted by molar-refractivity contribution is -0.385. The number of hydrogen-bond acceptors (Lipinski definition) is 5. The van der Waals surface area contributed by atoms with Crippen molar-refractivity contribution in [1.29, 1.82) is 0 Å². The van der Waals surface area contributed by atoms with Gasteiger partial charge in [0.05, 0.1) is 28.7 Å². The number of hydrogen-bond donors (Lipinski definition) is 1. The van der Waals surface area contributed by atoms with Crippen LogP contribution in [-0.2, 0) is 4.74 Å². The summed E-state index contributed by atoms with van der Waals surface area (Å²) in [6.07, 6.45) is 5.88. The molecule has 1 aliphatic heterocycles. The first-order valence-electron chi connectivity index (χ1n) is 9.57. The zero-order valence-corrected chi connectivity index (χ0v) is 15.6. The standard InChI is InChI=1S/C22H22N2O4/c1-2-12-28-22(25)14-10-11-19-18(13-14)15-7-5-8-16(15)21(23-19)17-6-3-4-9-20(17)24(26)27/h3-7,9-11,13,15-16,21,23H,2,8,12H2,1H3. The van der Waals surface area contributed by atoms with Gasteiger partial charge in [-0.05, 0) is 42.5 Å². The molecule has 2 aliphatic rings. The predicted octanol–water partition coefficient (Wildman–Crippen LogP) is 4.99. The highest BCUT2D eigenvalue weighted by atomic mass is 16.6. The maximum absolute atomic E-state index is 12.3. The van der Waals surface area contributed by atoms with Crippen molar-refractivity contribution >= 4 is 17.3 Å². The van der Waals surface area contributed by atoms with Crippen LogP contribution in [0.1, 0.15) is 53.2 Å². The third-order valence-electron chi connectivity index (χ3n) is 5.50. The van der Waals surface area contributed by atoms with Crippen LogP contribution in [0.15, 0.2) is 54.6 Å². The largest absolute Gasteiger partial charge is 0.462 e. The van der Waals surface area contributed by atoms with Crippen molar-refractivity contribution in [3.05, 3.63) is 81.4 Å². The molecule has 0 fully saturated rings. The average Bonchev–Trinajstić information content (AvgIpc) is 3.21. The first-order chi connectivity index (χ1) is 13.6. The van der Waals surface area contributed by atoms with E-state index < -0.39 is 0 Å². The molecular weight excluding hydrogens is 356 g/mol. The smallest absolute Gasteiger partial charge is 0.338 e. The molecule has 6 heteroatoms. The summed E-state index contributed by atoms with van der Waals surface area (Å²) in [5.74, 6) is -0.0421. The Labute approximate surface area is 163 Å². The van der Waals surface area contributed by atoms with E-state index in [1.165, 1.54) is 0 Å². The summed E-state index contributed by atoms with van der Waals surface area (Å²) in [6.45, 7) is 2.36. The third kappa shape index (κ3) is 3.15. The summed E-state index contributed by atoms with van der Waals surface area (Å²) < 4.78 is 5.26. The number of nitro benzene ring substituents is 1. The Morgan fingerprint density at radius 2 is 2.07 bits per heavy atom. The van der Waals surface area contributed by atoms with Gasteiger partial charge in [0, 0.05) is 17.7 Å². The van der Waals surface area contributed by atoms with Crippen LogP contribution in [0.25, 0.3) is 0 Å². The lowest BCUT2D eigenvalue weighted by Gasteiger charge is -2.37. The van der Waals surface area contributed by atoms with E-state index in [4.69, 9.17) is 4.74 Å². The summed E-state index contributed by atoms with van der Waals surface area (Å²) in [5, 5.41) is 15.0. The fourth-order valence-corrected chi connectivity index (χ4v) is 4.22. The first kappa shape index (κ1) is 18.2. The van der Waals surface area contributed by atoms with Gasteiger partial charge in [0.15, 0.2) is 0 Å². The number of allylic oxidation sites excluding steroid dienone is 2. The highest BCUT2D eigenvalue weighted by molar-refractivity contribution is 5.90. The van der Waals surface area contributed by atoms with E-state index in [0.29, 0.717) is 17.7 Å². The van der Waals surface area contributed by atoms with Crippen LogP contribution in [0.4, 0.5) is 11.4 Å². The fraction of sp³-hybridized carbons (Fsp3) is 0.318. The fourth-order valence-electron chi connectivity index (χ4n) is 4.22. The molecular formula is C22H22N2O4. The van der Waals surface area contributed by atoms with Gasteiger partial charge >= 0.3 is 5.97 Å². The van der Waals surface area contributed by atoms with Gasteiger partial charge in [-0.15, -0.1) is 0 Å². The highest BCUT2D eigenvalue weighted by Crippen LogP contribution is 2.51. The molecule has 0 saturated carbocycles. The molecule has 28 heavy (non-hydrogen) atoms. The second kappa shape index (κ2) is 7.46. The number of nitro groups is 1. The van der Waals surface area contributed by atoms with Crippen LogP contribution in [0.5, 0.6) is 0 Å². The number of anilines is 1. The second-order valence-corrected chi connectivity index (χ2v) is 7.23. The van der Waals surface area contributed by atoms with Crippen molar-refractivity contribution < 1.29 is 14.5 Å². The molecule has 3 unspecified atom stereocenters. The lowest BCUT2D eigenvalue weighted by Crippen LogP contribution is -2.29. The number of esters is 1. The molecule has 2 aromatic carbocycles. The summed E-state index contributed by atoms with van der Waals surface area (Å²) in [6, 6.07) is 12.3. The molecule has 0 bridgehead atoms. The SMILES string of the molecule is CCCOC(=O)c1ccc2c(c1)C1C=CCC1C(c1ccccc1[N+](=O)[O-])N2. The molecule has 144 valence electrons. The van der Waals surface area contributed by atoms with E-state index in [-0.39, 0.29) is 34.5 Å². The Morgan fingerprint density at radius 1 is 1.25 bits per heavy atom. The number of carbonyl (C=O) groups excluding carboxylic acids is 1. The summed E-state index contributed by atoms with van der Waals surface area (Å²) in [4.78, 5) is 23.4. The van der Waals surface area contributed by atoms with Crippen molar-refractivity contribution in [1.82, 2.24) is 0 Å².